The Labute approximate surface area is 133 Å². The van der Waals surface area contributed by atoms with Crippen LogP contribution in [0.25, 0.3) is 0 Å². The lowest BCUT2D eigenvalue weighted by atomic mass is 10.1. The summed E-state index contributed by atoms with van der Waals surface area (Å²) in [5.74, 6) is -0.353. The Balaban J connectivity index is 2.01. The van der Waals surface area contributed by atoms with Crippen molar-refractivity contribution in [1.82, 2.24) is 0 Å². The summed E-state index contributed by atoms with van der Waals surface area (Å²) in [5.41, 5.74) is 2.06. The van der Waals surface area contributed by atoms with Crippen molar-refractivity contribution >= 4 is 21.9 Å². The summed E-state index contributed by atoms with van der Waals surface area (Å²) < 4.78 is 11.6. The van der Waals surface area contributed by atoms with Gasteiger partial charge < -0.3 is 9.47 Å². The zero-order valence-corrected chi connectivity index (χ0v) is 13.4. The topological polar surface area (TPSA) is 35.5 Å². The second-order valence-corrected chi connectivity index (χ2v) is 5.55. The molecular formula is C17H17BrO3. The van der Waals surface area contributed by atoms with Crippen molar-refractivity contribution in [3.8, 4) is 0 Å². The van der Waals surface area contributed by atoms with Gasteiger partial charge in [-0.2, -0.15) is 0 Å². The number of rotatable bonds is 6. The van der Waals surface area contributed by atoms with Crippen molar-refractivity contribution < 1.29 is 14.3 Å². The molecule has 4 heteroatoms. The van der Waals surface area contributed by atoms with Gasteiger partial charge in [-0.25, -0.2) is 4.79 Å². The molecule has 0 saturated heterocycles. The van der Waals surface area contributed by atoms with Gasteiger partial charge >= 0.3 is 5.97 Å². The van der Waals surface area contributed by atoms with Crippen LogP contribution in [0, 0.1) is 0 Å². The number of halogens is 1. The van der Waals surface area contributed by atoms with Crippen molar-refractivity contribution in [2.45, 2.75) is 19.1 Å². The maximum atomic E-state index is 11.8. The van der Waals surface area contributed by atoms with Gasteiger partial charge in [0.05, 0.1) is 13.7 Å². The Hall–Kier alpha value is -1.65. The molecule has 0 heterocycles. The van der Waals surface area contributed by atoms with Crippen LogP contribution < -0.4 is 0 Å². The Morgan fingerprint density at radius 3 is 2.33 bits per heavy atom. The van der Waals surface area contributed by atoms with Crippen LogP contribution in [0.15, 0.2) is 59.1 Å². The maximum absolute atomic E-state index is 11.8. The number of carbonyl (C=O) groups excluding carboxylic acids is 1. The normalized spacial score (nSPS) is 11.9. The fraction of sp³-hybridized carbons (Fsp3) is 0.235. The second kappa shape index (κ2) is 7.96. The molecule has 21 heavy (non-hydrogen) atoms. The smallest absolute Gasteiger partial charge is 0.335 e. The molecule has 0 aromatic heterocycles. The average Bonchev–Trinajstić information content (AvgIpc) is 2.53. The zero-order valence-electron chi connectivity index (χ0n) is 11.8. The number of ether oxygens (including phenoxy) is 2. The molecule has 0 amide bonds. The molecule has 2 rings (SSSR count). The summed E-state index contributed by atoms with van der Waals surface area (Å²) in [5, 5.41) is 0. The van der Waals surface area contributed by atoms with Crippen LogP contribution in [0.4, 0.5) is 0 Å². The first kappa shape index (κ1) is 15.7. The van der Waals surface area contributed by atoms with E-state index < -0.39 is 6.10 Å². The van der Waals surface area contributed by atoms with Gasteiger partial charge in [0.2, 0.25) is 0 Å². The minimum absolute atomic E-state index is 0.353. The highest BCUT2D eigenvalue weighted by Gasteiger charge is 2.20. The molecule has 3 nitrogen and oxygen atoms in total. The van der Waals surface area contributed by atoms with Crippen LogP contribution in [0.1, 0.15) is 11.1 Å². The van der Waals surface area contributed by atoms with Crippen LogP contribution in [0.3, 0.4) is 0 Å². The molecule has 1 unspecified atom stereocenters. The van der Waals surface area contributed by atoms with Crippen LogP contribution in [-0.4, -0.2) is 19.2 Å². The van der Waals surface area contributed by atoms with E-state index in [0.29, 0.717) is 13.0 Å². The number of esters is 1. The van der Waals surface area contributed by atoms with Crippen molar-refractivity contribution in [1.29, 1.82) is 0 Å². The predicted molar refractivity (Wildman–Crippen MR) is 84.9 cm³/mol. The Morgan fingerprint density at radius 2 is 1.71 bits per heavy atom. The highest BCUT2D eigenvalue weighted by atomic mass is 79.9. The van der Waals surface area contributed by atoms with Gasteiger partial charge in [0.1, 0.15) is 0 Å². The van der Waals surface area contributed by atoms with Crippen molar-refractivity contribution in [2.24, 2.45) is 0 Å². The molecule has 0 radical (unpaired) electrons. The van der Waals surface area contributed by atoms with Gasteiger partial charge in [-0.1, -0.05) is 58.4 Å². The Bertz CT molecular complexity index is 566. The van der Waals surface area contributed by atoms with Crippen LogP contribution in [0.5, 0.6) is 0 Å². The summed E-state index contributed by atoms with van der Waals surface area (Å²) in [6.07, 6.45) is -0.108. The van der Waals surface area contributed by atoms with Gasteiger partial charge in [0.15, 0.2) is 6.10 Å². The number of methoxy groups -OCH3 is 1. The van der Waals surface area contributed by atoms with Gasteiger partial charge in [-0.3, -0.25) is 0 Å². The average molecular weight is 349 g/mol. The van der Waals surface area contributed by atoms with Crippen LogP contribution >= 0.6 is 15.9 Å². The number of hydrogen-bond donors (Lipinski definition) is 0. The minimum Gasteiger partial charge on any atom is -0.467 e. The molecule has 0 aliphatic carbocycles. The van der Waals surface area contributed by atoms with E-state index in [0.717, 1.165) is 15.6 Å². The van der Waals surface area contributed by atoms with Gasteiger partial charge in [-0.15, -0.1) is 0 Å². The summed E-state index contributed by atoms with van der Waals surface area (Å²) in [4.78, 5) is 11.8. The SMILES string of the molecule is COC(=O)C(Cc1ccc(Br)cc1)OCc1ccccc1. The summed E-state index contributed by atoms with van der Waals surface area (Å²) in [7, 11) is 1.38. The van der Waals surface area contributed by atoms with E-state index in [4.69, 9.17) is 9.47 Å². The predicted octanol–water partition coefficient (Wildman–Crippen LogP) is 3.75. The Morgan fingerprint density at radius 1 is 1.05 bits per heavy atom. The molecule has 110 valence electrons. The first-order valence-corrected chi connectivity index (χ1v) is 7.46. The monoisotopic (exact) mass is 348 g/mol. The van der Waals surface area contributed by atoms with Gasteiger partial charge in [-0.05, 0) is 23.3 Å². The van der Waals surface area contributed by atoms with Gasteiger partial charge in [0, 0.05) is 10.9 Å². The molecular weight excluding hydrogens is 332 g/mol. The first-order valence-electron chi connectivity index (χ1n) is 6.67. The molecule has 1 atom stereocenters. The molecule has 0 spiro atoms. The van der Waals surface area contributed by atoms with E-state index in [1.54, 1.807) is 0 Å². The van der Waals surface area contributed by atoms with Crippen molar-refractivity contribution in [2.75, 3.05) is 7.11 Å². The molecule has 0 fully saturated rings. The molecule has 2 aromatic rings. The van der Waals surface area contributed by atoms with E-state index in [9.17, 15) is 4.79 Å². The molecule has 0 bridgehead atoms. The highest BCUT2D eigenvalue weighted by Crippen LogP contribution is 2.14. The lowest BCUT2D eigenvalue weighted by Gasteiger charge is -2.16. The number of benzene rings is 2. The van der Waals surface area contributed by atoms with E-state index in [-0.39, 0.29) is 5.97 Å². The van der Waals surface area contributed by atoms with E-state index >= 15 is 0 Å². The highest BCUT2D eigenvalue weighted by molar-refractivity contribution is 9.10. The third-order valence-electron chi connectivity index (χ3n) is 3.09. The number of hydrogen-bond acceptors (Lipinski definition) is 3. The standard InChI is InChI=1S/C17H17BrO3/c1-20-17(19)16(11-13-7-9-15(18)10-8-13)21-12-14-5-3-2-4-6-14/h2-10,16H,11-12H2,1H3. The quantitative estimate of drug-likeness (QED) is 0.745. The van der Waals surface area contributed by atoms with Crippen LogP contribution in [0.2, 0.25) is 0 Å². The lowest BCUT2D eigenvalue weighted by molar-refractivity contribution is -0.154. The maximum Gasteiger partial charge on any atom is 0.335 e. The second-order valence-electron chi connectivity index (χ2n) is 4.64. The molecule has 2 aromatic carbocycles. The molecule has 0 aliphatic heterocycles. The zero-order chi connectivity index (χ0) is 15.1. The molecule has 0 saturated carbocycles. The van der Waals surface area contributed by atoms with E-state index in [1.165, 1.54) is 7.11 Å². The van der Waals surface area contributed by atoms with Gasteiger partial charge in [0.25, 0.3) is 0 Å². The first-order chi connectivity index (χ1) is 10.2. The summed E-state index contributed by atoms with van der Waals surface area (Å²) in [6, 6.07) is 17.6. The minimum atomic E-state index is -0.601. The third kappa shape index (κ3) is 4.99. The fourth-order valence-electron chi connectivity index (χ4n) is 1.95. The van der Waals surface area contributed by atoms with Crippen LogP contribution in [-0.2, 0) is 27.3 Å². The summed E-state index contributed by atoms with van der Waals surface area (Å²) in [6.45, 7) is 0.386. The molecule has 0 N–H and O–H groups in total. The largest absolute Gasteiger partial charge is 0.467 e. The molecule has 0 aliphatic rings. The summed E-state index contributed by atoms with van der Waals surface area (Å²) >= 11 is 3.39. The Kier molecular flexibility index (Phi) is 5.96. The van der Waals surface area contributed by atoms with E-state index in [2.05, 4.69) is 15.9 Å². The fourth-order valence-corrected chi connectivity index (χ4v) is 2.21. The number of carbonyl (C=O) groups is 1. The van der Waals surface area contributed by atoms with Crippen molar-refractivity contribution in [3.05, 3.63) is 70.2 Å². The lowest BCUT2D eigenvalue weighted by Crippen LogP contribution is -2.28. The van der Waals surface area contributed by atoms with Crippen molar-refractivity contribution in [3.63, 3.8) is 0 Å². The third-order valence-corrected chi connectivity index (χ3v) is 3.62. The van der Waals surface area contributed by atoms with E-state index in [1.807, 2.05) is 54.6 Å².